The van der Waals surface area contributed by atoms with Crippen molar-refractivity contribution < 1.29 is 9.53 Å². The first-order chi connectivity index (χ1) is 9.27. The number of carbonyl (C=O) groups is 1. The maximum absolute atomic E-state index is 12.3. The monoisotopic (exact) mass is 263 g/mol. The van der Waals surface area contributed by atoms with Crippen LogP contribution in [0.2, 0.25) is 0 Å². The molecule has 2 rings (SSSR count). The van der Waals surface area contributed by atoms with E-state index >= 15 is 0 Å². The fourth-order valence-electron chi connectivity index (χ4n) is 2.34. The molecule has 0 unspecified atom stereocenters. The number of hydrogen-bond acceptors (Lipinski definition) is 4. The van der Waals surface area contributed by atoms with Crippen molar-refractivity contribution in [3.8, 4) is 0 Å². The van der Waals surface area contributed by atoms with Crippen molar-refractivity contribution in [3.05, 3.63) is 30.1 Å². The Morgan fingerprint density at radius 3 is 2.68 bits per heavy atom. The van der Waals surface area contributed by atoms with Gasteiger partial charge in [-0.1, -0.05) is 0 Å². The summed E-state index contributed by atoms with van der Waals surface area (Å²) in [4.78, 5) is 16.3. The summed E-state index contributed by atoms with van der Waals surface area (Å²) in [5, 5.41) is 3.00. The van der Waals surface area contributed by atoms with Gasteiger partial charge in [0.15, 0.2) is 0 Å². The molecule has 0 aliphatic carbocycles. The van der Waals surface area contributed by atoms with E-state index in [1.807, 2.05) is 12.1 Å². The van der Waals surface area contributed by atoms with Crippen molar-refractivity contribution in [3.63, 3.8) is 0 Å². The van der Waals surface area contributed by atoms with Gasteiger partial charge in [0.05, 0.1) is 5.41 Å². The number of nitrogens with one attached hydrogen (secondary N) is 1. The molecule has 0 bridgehead atoms. The van der Waals surface area contributed by atoms with Gasteiger partial charge in [-0.15, -0.1) is 0 Å². The summed E-state index contributed by atoms with van der Waals surface area (Å²) in [5.74, 6) is 0.0624. The van der Waals surface area contributed by atoms with E-state index < -0.39 is 5.41 Å². The third kappa shape index (κ3) is 3.52. The quantitative estimate of drug-likeness (QED) is 0.811. The molecule has 1 aromatic heterocycles. The van der Waals surface area contributed by atoms with Gasteiger partial charge >= 0.3 is 0 Å². The predicted molar refractivity (Wildman–Crippen MR) is 72.5 cm³/mol. The number of aromatic nitrogens is 1. The highest BCUT2D eigenvalue weighted by atomic mass is 16.5. The molecule has 0 radical (unpaired) electrons. The van der Waals surface area contributed by atoms with Crippen molar-refractivity contribution in [2.75, 3.05) is 26.3 Å². The molecule has 0 saturated carbocycles. The van der Waals surface area contributed by atoms with E-state index in [9.17, 15) is 4.79 Å². The second kappa shape index (κ2) is 6.63. The minimum atomic E-state index is -0.434. The van der Waals surface area contributed by atoms with Gasteiger partial charge in [-0.2, -0.15) is 0 Å². The normalized spacial score (nSPS) is 17.9. The molecule has 5 heteroatoms. The van der Waals surface area contributed by atoms with E-state index in [0.29, 0.717) is 39.1 Å². The Balaban J connectivity index is 1.83. The lowest BCUT2D eigenvalue weighted by Gasteiger charge is -2.34. The van der Waals surface area contributed by atoms with Gasteiger partial charge in [-0.05, 0) is 37.0 Å². The fraction of sp³-hybridized carbons (Fsp3) is 0.571. The van der Waals surface area contributed by atoms with Crippen molar-refractivity contribution in [2.45, 2.75) is 19.3 Å². The summed E-state index contributed by atoms with van der Waals surface area (Å²) in [7, 11) is 0. The standard InChI is InChI=1S/C14H21N3O2/c15-11-14(4-9-19-10-5-14)13(18)17-8-3-12-1-6-16-7-2-12/h1-2,6-7H,3-5,8-11,15H2,(H,17,18). The SMILES string of the molecule is NCC1(C(=O)NCCc2ccncc2)CCOCC1. The molecule has 2 heterocycles. The Kier molecular flexibility index (Phi) is 4.87. The largest absolute Gasteiger partial charge is 0.381 e. The average molecular weight is 263 g/mol. The summed E-state index contributed by atoms with van der Waals surface area (Å²) in [5.41, 5.74) is 6.53. The first-order valence-electron chi connectivity index (χ1n) is 6.72. The zero-order valence-corrected chi connectivity index (χ0v) is 11.1. The zero-order valence-electron chi connectivity index (χ0n) is 11.1. The number of nitrogens with two attached hydrogens (primary N) is 1. The van der Waals surface area contributed by atoms with Crippen LogP contribution < -0.4 is 11.1 Å². The minimum Gasteiger partial charge on any atom is -0.381 e. The second-order valence-electron chi connectivity index (χ2n) is 4.96. The highest BCUT2D eigenvalue weighted by Gasteiger charge is 2.38. The van der Waals surface area contributed by atoms with Gasteiger partial charge in [0, 0.05) is 38.7 Å². The van der Waals surface area contributed by atoms with Crippen LogP contribution in [0, 0.1) is 5.41 Å². The topological polar surface area (TPSA) is 77.2 Å². The van der Waals surface area contributed by atoms with Crippen molar-refractivity contribution in [2.24, 2.45) is 11.1 Å². The molecule has 1 aromatic rings. The molecule has 5 nitrogen and oxygen atoms in total. The smallest absolute Gasteiger partial charge is 0.227 e. The van der Waals surface area contributed by atoms with Crippen molar-refractivity contribution >= 4 is 5.91 Å². The third-order valence-corrected chi connectivity index (χ3v) is 3.77. The molecular formula is C14H21N3O2. The third-order valence-electron chi connectivity index (χ3n) is 3.77. The number of pyridine rings is 1. The van der Waals surface area contributed by atoms with E-state index in [-0.39, 0.29) is 5.91 Å². The van der Waals surface area contributed by atoms with Gasteiger partial charge in [-0.25, -0.2) is 0 Å². The lowest BCUT2D eigenvalue weighted by molar-refractivity contribution is -0.135. The number of rotatable bonds is 5. The van der Waals surface area contributed by atoms with Gasteiger partial charge in [0.1, 0.15) is 0 Å². The number of hydrogen-bond donors (Lipinski definition) is 2. The Labute approximate surface area is 113 Å². The summed E-state index contributed by atoms with van der Waals surface area (Å²) >= 11 is 0. The maximum atomic E-state index is 12.3. The highest BCUT2D eigenvalue weighted by molar-refractivity contribution is 5.83. The molecule has 3 N–H and O–H groups in total. The van der Waals surface area contributed by atoms with Crippen LogP contribution in [0.4, 0.5) is 0 Å². The van der Waals surface area contributed by atoms with Crippen molar-refractivity contribution in [1.82, 2.24) is 10.3 Å². The summed E-state index contributed by atoms with van der Waals surface area (Å²) in [6, 6.07) is 3.92. The lowest BCUT2D eigenvalue weighted by Crippen LogP contribution is -2.49. The van der Waals surface area contributed by atoms with Crippen LogP contribution in [0.5, 0.6) is 0 Å². The Hall–Kier alpha value is -1.46. The maximum Gasteiger partial charge on any atom is 0.227 e. The van der Waals surface area contributed by atoms with Crippen molar-refractivity contribution in [1.29, 1.82) is 0 Å². The summed E-state index contributed by atoms with van der Waals surface area (Å²) in [6.07, 6.45) is 5.76. The van der Waals surface area contributed by atoms with Crippen LogP contribution in [0.3, 0.4) is 0 Å². The average Bonchev–Trinajstić information content (AvgIpc) is 2.49. The summed E-state index contributed by atoms with van der Waals surface area (Å²) in [6.45, 7) is 2.26. The number of carbonyl (C=O) groups excluding carboxylic acids is 1. The van der Waals surface area contributed by atoms with E-state index in [1.54, 1.807) is 12.4 Å². The number of ether oxygens (including phenoxy) is 1. The minimum absolute atomic E-state index is 0.0624. The van der Waals surface area contributed by atoms with Gasteiger partial charge < -0.3 is 15.8 Å². The Morgan fingerprint density at radius 1 is 1.37 bits per heavy atom. The molecule has 1 fully saturated rings. The van der Waals surface area contributed by atoms with E-state index in [1.165, 1.54) is 5.56 Å². The van der Waals surface area contributed by atoms with Crippen LogP contribution in [0.1, 0.15) is 18.4 Å². The lowest BCUT2D eigenvalue weighted by atomic mass is 9.79. The van der Waals surface area contributed by atoms with Crippen LogP contribution in [-0.2, 0) is 16.0 Å². The molecule has 1 amide bonds. The highest BCUT2D eigenvalue weighted by Crippen LogP contribution is 2.29. The van der Waals surface area contributed by atoms with E-state index in [2.05, 4.69) is 10.3 Å². The second-order valence-corrected chi connectivity index (χ2v) is 4.96. The molecule has 0 atom stereocenters. The molecule has 1 aliphatic rings. The molecular weight excluding hydrogens is 242 g/mol. The van der Waals surface area contributed by atoms with Crippen LogP contribution >= 0.6 is 0 Å². The molecule has 1 saturated heterocycles. The predicted octanol–water partition coefficient (Wildman–Crippen LogP) is 0.496. The summed E-state index contributed by atoms with van der Waals surface area (Å²) < 4.78 is 5.31. The van der Waals surface area contributed by atoms with Crippen LogP contribution in [0.25, 0.3) is 0 Å². The molecule has 0 spiro atoms. The number of amides is 1. The zero-order chi connectivity index (χ0) is 13.6. The molecule has 1 aliphatic heterocycles. The van der Waals surface area contributed by atoms with Crippen LogP contribution in [-0.4, -0.2) is 37.2 Å². The first kappa shape index (κ1) is 14.0. The molecule has 0 aromatic carbocycles. The first-order valence-corrected chi connectivity index (χ1v) is 6.72. The number of nitrogens with zero attached hydrogens (tertiary/aromatic N) is 1. The van der Waals surface area contributed by atoms with E-state index in [4.69, 9.17) is 10.5 Å². The van der Waals surface area contributed by atoms with Gasteiger partial charge in [0.25, 0.3) is 0 Å². The molecule has 104 valence electrons. The van der Waals surface area contributed by atoms with Crippen LogP contribution in [0.15, 0.2) is 24.5 Å². The Bertz CT molecular complexity index is 402. The van der Waals surface area contributed by atoms with Gasteiger partial charge in [-0.3, -0.25) is 9.78 Å². The molecule has 19 heavy (non-hydrogen) atoms. The van der Waals surface area contributed by atoms with E-state index in [0.717, 1.165) is 6.42 Å². The Morgan fingerprint density at radius 2 is 2.05 bits per heavy atom. The fourth-order valence-corrected chi connectivity index (χ4v) is 2.34. The van der Waals surface area contributed by atoms with Gasteiger partial charge in [0.2, 0.25) is 5.91 Å².